The Morgan fingerprint density at radius 2 is 2.00 bits per heavy atom. The summed E-state index contributed by atoms with van der Waals surface area (Å²) in [5.41, 5.74) is -1.03. The largest absolute Gasteiger partial charge is 0.494 e. The summed E-state index contributed by atoms with van der Waals surface area (Å²) in [7, 11) is 1.05. The molecule has 0 aliphatic rings. The number of ketones is 1. The van der Waals surface area contributed by atoms with Crippen molar-refractivity contribution in [3.05, 3.63) is 28.3 Å². The molecule has 16 heavy (non-hydrogen) atoms. The van der Waals surface area contributed by atoms with E-state index in [1.54, 1.807) is 0 Å². The molecule has 0 aliphatic heterocycles. The number of methoxy groups -OCH3 is 1. The van der Waals surface area contributed by atoms with Crippen molar-refractivity contribution in [2.24, 2.45) is 0 Å². The van der Waals surface area contributed by atoms with Gasteiger partial charge in [-0.1, -0.05) is 11.6 Å². The Morgan fingerprint density at radius 1 is 1.44 bits per heavy atom. The van der Waals surface area contributed by atoms with Crippen LogP contribution in [0, 0.1) is 11.6 Å². The summed E-state index contributed by atoms with van der Waals surface area (Å²) in [6.07, 6.45) is 0. The van der Waals surface area contributed by atoms with Gasteiger partial charge in [0.2, 0.25) is 0 Å². The predicted octanol–water partition coefficient (Wildman–Crippen LogP) is 1.89. The van der Waals surface area contributed by atoms with E-state index in [1.807, 2.05) is 0 Å². The average molecular weight is 251 g/mol. The molecule has 0 bridgehead atoms. The molecule has 7 heteroatoms. The monoisotopic (exact) mass is 250 g/mol. The van der Waals surface area contributed by atoms with Crippen LogP contribution in [0.1, 0.15) is 10.4 Å². The van der Waals surface area contributed by atoms with Crippen molar-refractivity contribution < 1.29 is 28.2 Å². The maximum Gasteiger partial charge on any atom is 0.377 e. The first kappa shape index (κ1) is 12.4. The van der Waals surface area contributed by atoms with Gasteiger partial charge in [-0.2, -0.15) is 0 Å². The second-order valence-corrected chi connectivity index (χ2v) is 3.10. The molecular formula is C9H5ClF2O4. The molecule has 0 spiro atoms. The van der Waals surface area contributed by atoms with Gasteiger partial charge < -0.3 is 9.84 Å². The molecule has 0 unspecified atom stereocenters. The first-order valence-electron chi connectivity index (χ1n) is 3.89. The smallest absolute Gasteiger partial charge is 0.377 e. The van der Waals surface area contributed by atoms with Gasteiger partial charge in [-0.05, 0) is 6.07 Å². The van der Waals surface area contributed by atoms with E-state index in [0.717, 1.165) is 7.11 Å². The number of aliphatic carboxylic acids is 1. The Morgan fingerprint density at radius 3 is 2.44 bits per heavy atom. The Labute approximate surface area is 93.4 Å². The second-order valence-electron chi connectivity index (χ2n) is 2.70. The topological polar surface area (TPSA) is 63.6 Å². The molecule has 0 saturated heterocycles. The number of hydrogen-bond donors (Lipinski definition) is 1. The number of carboxylic acids is 1. The van der Waals surface area contributed by atoms with Crippen LogP contribution in [0.25, 0.3) is 0 Å². The van der Waals surface area contributed by atoms with Crippen LogP contribution in [0.5, 0.6) is 5.75 Å². The maximum absolute atomic E-state index is 13.2. The number of hydrogen-bond acceptors (Lipinski definition) is 3. The van der Waals surface area contributed by atoms with E-state index in [4.69, 9.17) is 16.7 Å². The number of Topliss-reactive ketones (excluding diaryl/α,β-unsaturated/α-hetero) is 1. The minimum atomic E-state index is -1.93. The van der Waals surface area contributed by atoms with Crippen LogP contribution < -0.4 is 4.74 Å². The van der Waals surface area contributed by atoms with E-state index < -0.39 is 34.7 Å². The summed E-state index contributed by atoms with van der Waals surface area (Å²) in [6, 6.07) is 0.592. The lowest BCUT2D eigenvalue weighted by molar-refractivity contribution is -0.131. The Hall–Kier alpha value is -1.69. The summed E-state index contributed by atoms with van der Waals surface area (Å²) in [6.45, 7) is 0. The van der Waals surface area contributed by atoms with E-state index in [9.17, 15) is 18.4 Å². The molecule has 1 rings (SSSR count). The van der Waals surface area contributed by atoms with E-state index in [1.165, 1.54) is 0 Å². The highest BCUT2D eigenvalue weighted by atomic mass is 35.5. The van der Waals surface area contributed by atoms with Gasteiger partial charge in [-0.25, -0.2) is 13.6 Å². The average Bonchev–Trinajstić information content (AvgIpc) is 2.21. The van der Waals surface area contributed by atoms with Crippen LogP contribution >= 0.6 is 11.6 Å². The number of halogens is 3. The van der Waals surface area contributed by atoms with Crippen LogP contribution in [0.15, 0.2) is 6.07 Å². The van der Waals surface area contributed by atoms with E-state index >= 15 is 0 Å². The van der Waals surface area contributed by atoms with Crippen molar-refractivity contribution in [2.45, 2.75) is 0 Å². The molecule has 0 aromatic heterocycles. The van der Waals surface area contributed by atoms with Gasteiger partial charge in [0.05, 0.1) is 12.1 Å². The third-order valence-corrected chi connectivity index (χ3v) is 2.03. The van der Waals surface area contributed by atoms with Gasteiger partial charge >= 0.3 is 5.97 Å². The molecule has 0 aliphatic carbocycles. The summed E-state index contributed by atoms with van der Waals surface area (Å²) < 4.78 is 30.7. The number of carboxylic acid groups (broad SMARTS) is 1. The summed E-state index contributed by atoms with van der Waals surface area (Å²) >= 11 is 5.48. The van der Waals surface area contributed by atoms with Crippen molar-refractivity contribution in [1.82, 2.24) is 0 Å². The van der Waals surface area contributed by atoms with Crippen molar-refractivity contribution in [3.8, 4) is 5.75 Å². The molecule has 0 atom stereocenters. The lowest BCUT2D eigenvalue weighted by atomic mass is 10.1. The number of carbonyl (C=O) groups is 2. The maximum atomic E-state index is 13.2. The standard InChI is InChI=1S/C9H5ClF2O4/c1-16-8-3(10)2-4(11)6(12)5(8)7(13)9(14)15/h2H,1H3,(H,14,15). The third-order valence-electron chi connectivity index (χ3n) is 1.75. The normalized spacial score (nSPS) is 10.0. The first-order valence-corrected chi connectivity index (χ1v) is 4.27. The molecule has 0 radical (unpaired) electrons. The molecule has 0 amide bonds. The molecule has 0 fully saturated rings. The number of benzene rings is 1. The van der Waals surface area contributed by atoms with Crippen LogP contribution in [0.4, 0.5) is 8.78 Å². The van der Waals surface area contributed by atoms with Crippen LogP contribution in [-0.2, 0) is 4.79 Å². The van der Waals surface area contributed by atoms with Gasteiger partial charge in [0.25, 0.3) is 5.78 Å². The Kier molecular flexibility index (Phi) is 3.44. The van der Waals surface area contributed by atoms with E-state index in [-0.39, 0.29) is 5.02 Å². The van der Waals surface area contributed by atoms with E-state index in [2.05, 4.69) is 4.74 Å². The zero-order valence-electron chi connectivity index (χ0n) is 7.88. The second kappa shape index (κ2) is 4.44. The van der Waals surface area contributed by atoms with Crippen molar-refractivity contribution in [2.75, 3.05) is 7.11 Å². The van der Waals surface area contributed by atoms with Gasteiger partial charge in [0.1, 0.15) is 5.56 Å². The fraction of sp³-hybridized carbons (Fsp3) is 0.111. The SMILES string of the molecule is COc1c(Cl)cc(F)c(F)c1C(=O)C(=O)O. The van der Waals surface area contributed by atoms with Crippen LogP contribution in [0.2, 0.25) is 5.02 Å². The van der Waals surface area contributed by atoms with Gasteiger partial charge in [0.15, 0.2) is 17.4 Å². The highest BCUT2D eigenvalue weighted by Crippen LogP contribution is 2.32. The van der Waals surface area contributed by atoms with Crippen molar-refractivity contribution >= 4 is 23.4 Å². The van der Waals surface area contributed by atoms with Crippen LogP contribution in [0.3, 0.4) is 0 Å². The molecule has 4 nitrogen and oxygen atoms in total. The molecule has 1 aromatic rings. The molecule has 0 saturated carbocycles. The zero-order chi connectivity index (χ0) is 12.5. The fourth-order valence-electron chi connectivity index (χ4n) is 1.09. The first-order chi connectivity index (χ1) is 7.40. The third kappa shape index (κ3) is 1.96. The van der Waals surface area contributed by atoms with Crippen molar-refractivity contribution in [1.29, 1.82) is 0 Å². The summed E-state index contributed by atoms with van der Waals surface area (Å²) in [5, 5.41) is 8.04. The minimum absolute atomic E-state index is 0.383. The van der Waals surface area contributed by atoms with Crippen LogP contribution in [-0.4, -0.2) is 24.0 Å². The summed E-state index contributed by atoms with van der Waals surface area (Å²) in [4.78, 5) is 21.5. The Bertz CT molecular complexity index is 473. The zero-order valence-corrected chi connectivity index (χ0v) is 8.64. The quantitative estimate of drug-likeness (QED) is 0.505. The van der Waals surface area contributed by atoms with Crippen molar-refractivity contribution in [3.63, 3.8) is 0 Å². The Balaban J connectivity index is 3.57. The molecule has 1 N–H and O–H groups in total. The minimum Gasteiger partial charge on any atom is -0.494 e. The molecule has 0 heterocycles. The highest BCUT2D eigenvalue weighted by molar-refractivity contribution is 6.42. The number of rotatable bonds is 3. The lowest BCUT2D eigenvalue weighted by Gasteiger charge is -2.09. The molecular weight excluding hydrogens is 246 g/mol. The number of carbonyl (C=O) groups excluding carboxylic acids is 1. The van der Waals surface area contributed by atoms with E-state index in [0.29, 0.717) is 6.07 Å². The number of ether oxygens (including phenoxy) is 1. The lowest BCUT2D eigenvalue weighted by Crippen LogP contribution is -2.17. The molecule has 86 valence electrons. The predicted molar refractivity (Wildman–Crippen MR) is 49.9 cm³/mol. The summed E-state index contributed by atoms with van der Waals surface area (Å²) in [5.74, 6) is -7.09. The molecule has 1 aromatic carbocycles. The van der Waals surface area contributed by atoms with Gasteiger partial charge in [0, 0.05) is 0 Å². The fourth-order valence-corrected chi connectivity index (χ4v) is 1.36. The van der Waals surface area contributed by atoms with Gasteiger partial charge in [-0.3, -0.25) is 4.79 Å². The van der Waals surface area contributed by atoms with Gasteiger partial charge in [-0.15, -0.1) is 0 Å². The highest BCUT2D eigenvalue weighted by Gasteiger charge is 2.28.